The van der Waals surface area contributed by atoms with Crippen molar-refractivity contribution in [1.29, 1.82) is 0 Å². The predicted molar refractivity (Wildman–Crippen MR) is 82.5 cm³/mol. The molecule has 0 aromatic carbocycles. The molecule has 0 amide bonds. The molecule has 0 spiro atoms. The first kappa shape index (κ1) is 13.2. The van der Waals surface area contributed by atoms with Crippen LogP contribution in [0.25, 0.3) is 0 Å². The van der Waals surface area contributed by atoms with Crippen molar-refractivity contribution in [2.45, 2.75) is 45.3 Å². The molecule has 1 aliphatic heterocycles. The number of rotatable bonds is 3. The molecule has 0 fully saturated rings. The van der Waals surface area contributed by atoms with E-state index in [0.29, 0.717) is 6.04 Å². The average Bonchev–Trinajstić information content (AvgIpc) is 3.13. The van der Waals surface area contributed by atoms with Crippen LogP contribution in [0.3, 0.4) is 0 Å². The molecule has 7 heteroatoms. The molecule has 2 aromatic rings. The van der Waals surface area contributed by atoms with E-state index in [1.54, 1.807) is 0 Å². The van der Waals surface area contributed by atoms with Gasteiger partial charge in [0.15, 0.2) is 11.0 Å². The smallest absolute Gasteiger partial charge is 0.186 e. The van der Waals surface area contributed by atoms with Crippen LogP contribution in [0.4, 0.5) is 5.13 Å². The van der Waals surface area contributed by atoms with E-state index in [1.165, 1.54) is 29.8 Å². The fraction of sp³-hybridized carbons (Fsp3) is 0.643. The van der Waals surface area contributed by atoms with Crippen molar-refractivity contribution in [3.05, 3.63) is 22.7 Å². The Bertz CT molecular complexity index is 633. The SMILES string of the molecule is CCNC1CCCc2sc(N3CCn4cnnc4C3)nc21. The van der Waals surface area contributed by atoms with Gasteiger partial charge in [0.2, 0.25) is 0 Å². The Morgan fingerprint density at radius 3 is 3.29 bits per heavy atom. The lowest BCUT2D eigenvalue weighted by Gasteiger charge is -2.26. The van der Waals surface area contributed by atoms with Crippen LogP contribution < -0.4 is 10.2 Å². The summed E-state index contributed by atoms with van der Waals surface area (Å²) in [7, 11) is 0. The summed E-state index contributed by atoms with van der Waals surface area (Å²) in [6.07, 6.45) is 5.47. The van der Waals surface area contributed by atoms with Crippen LogP contribution in [0.15, 0.2) is 6.33 Å². The molecule has 1 N–H and O–H groups in total. The highest BCUT2D eigenvalue weighted by Gasteiger charge is 2.27. The summed E-state index contributed by atoms with van der Waals surface area (Å²) in [5, 5.41) is 12.9. The highest BCUT2D eigenvalue weighted by atomic mass is 32.1. The van der Waals surface area contributed by atoms with Gasteiger partial charge in [-0.2, -0.15) is 0 Å². The molecule has 1 aliphatic carbocycles. The number of aromatic nitrogens is 4. The summed E-state index contributed by atoms with van der Waals surface area (Å²) in [6.45, 7) is 5.92. The van der Waals surface area contributed by atoms with Crippen LogP contribution in [0.2, 0.25) is 0 Å². The number of thiazole rings is 1. The molecule has 0 radical (unpaired) electrons. The van der Waals surface area contributed by atoms with E-state index >= 15 is 0 Å². The van der Waals surface area contributed by atoms with Crippen molar-refractivity contribution in [1.82, 2.24) is 25.1 Å². The first-order valence-corrected chi connectivity index (χ1v) is 8.51. The fourth-order valence-corrected chi connectivity index (χ4v) is 4.40. The quantitative estimate of drug-likeness (QED) is 0.936. The Labute approximate surface area is 128 Å². The molecule has 21 heavy (non-hydrogen) atoms. The normalized spacial score (nSPS) is 21.2. The van der Waals surface area contributed by atoms with Crippen LogP contribution in [-0.2, 0) is 19.5 Å². The van der Waals surface area contributed by atoms with E-state index < -0.39 is 0 Å². The Morgan fingerprint density at radius 1 is 1.43 bits per heavy atom. The first-order chi connectivity index (χ1) is 10.3. The maximum atomic E-state index is 4.96. The number of anilines is 1. The monoisotopic (exact) mass is 304 g/mol. The second kappa shape index (κ2) is 5.38. The number of fused-ring (bicyclic) bond motifs is 2. The lowest BCUT2D eigenvalue weighted by Crippen LogP contribution is -2.33. The lowest BCUT2D eigenvalue weighted by molar-refractivity contribution is 0.465. The molecule has 3 heterocycles. The van der Waals surface area contributed by atoms with E-state index in [2.05, 4.69) is 31.9 Å². The van der Waals surface area contributed by atoms with Crippen molar-refractivity contribution < 1.29 is 0 Å². The van der Waals surface area contributed by atoms with Gasteiger partial charge in [-0.3, -0.25) is 0 Å². The topological polar surface area (TPSA) is 58.9 Å². The molecule has 4 rings (SSSR count). The van der Waals surface area contributed by atoms with Crippen LogP contribution in [0.5, 0.6) is 0 Å². The van der Waals surface area contributed by atoms with Crippen LogP contribution >= 0.6 is 11.3 Å². The summed E-state index contributed by atoms with van der Waals surface area (Å²) in [5.74, 6) is 1.04. The maximum Gasteiger partial charge on any atom is 0.186 e. The molecule has 6 nitrogen and oxygen atoms in total. The second-order valence-corrected chi connectivity index (χ2v) is 6.73. The lowest BCUT2D eigenvalue weighted by atomic mass is 9.98. The molecular weight excluding hydrogens is 284 g/mol. The highest BCUT2D eigenvalue weighted by molar-refractivity contribution is 7.15. The largest absolute Gasteiger partial charge is 0.339 e. The van der Waals surface area contributed by atoms with Gasteiger partial charge in [0, 0.05) is 18.0 Å². The van der Waals surface area contributed by atoms with Gasteiger partial charge in [-0.1, -0.05) is 6.92 Å². The Balaban J connectivity index is 1.60. The maximum absolute atomic E-state index is 4.96. The van der Waals surface area contributed by atoms with E-state index in [0.717, 1.165) is 37.1 Å². The van der Waals surface area contributed by atoms with Gasteiger partial charge in [-0.15, -0.1) is 21.5 Å². The summed E-state index contributed by atoms with van der Waals surface area (Å²) in [6, 6.07) is 0.442. The zero-order valence-corrected chi connectivity index (χ0v) is 13.1. The average molecular weight is 304 g/mol. The van der Waals surface area contributed by atoms with E-state index in [-0.39, 0.29) is 0 Å². The molecule has 0 saturated heterocycles. The molecule has 0 saturated carbocycles. The molecule has 2 aromatic heterocycles. The summed E-state index contributed by atoms with van der Waals surface area (Å²) in [5.41, 5.74) is 1.29. The zero-order chi connectivity index (χ0) is 14.2. The fourth-order valence-electron chi connectivity index (χ4n) is 3.22. The minimum absolute atomic E-state index is 0.442. The van der Waals surface area contributed by atoms with Crippen molar-refractivity contribution in [3.63, 3.8) is 0 Å². The number of aryl methyl sites for hydroxylation is 1. The van der Waals surface area contributed by atoms with Gasteiger partial charge in [0.25, 0.3) is 0 Å². The van der Waals surface area contributed by atoms with E-state index in [1.807, 2.05) is 17.7 Å². The van der Waals surface area contributed by atoms with Gasteiger partial charge in [0.1, 0.15) is 6.33 Å². The van der Waals surface area contributed by atoms with Crippen molar-refractivity contribution in [3.8, 4) is 0 Å². The van der Waals surface area contributed by atoms with Crippen LogP contribution in [-0.4, -0.2) is 32.8 Å². The van der Waals surface area contributed by atoms with Gasteiger partial charge >= 0.3 is 0 Å². The van der Waals surface area contributed by atoms with Crippen molar-refractivity contribution in [2.24, 2.45) is 0 Å². The van der Waals surface area contributed by atoms with Crippen molar-refractivity contribution >= 4 is 16.5 Å². The minimum atomic E-state index is 0.442. The molecular formula is C14H20N6S. The first-order valence-electron chi connectivity index (χ1n) is 7.69. The summed E-state index contributed by atoms with van der Waals surface area (Å²) >= 11 is 1.87. The molecule has 1 unspecified atom stereocenters. The van der Waals surface area contributed by atoms with Crippen molar-refractivity contribution in [2.75, 3.05) is 18.0 Å². The third-order valence-electron chi connectivity index (χ3n) is 4.30. The molecule has 2 aliphatic rings. The number of nitrogens with one attached hydrogen (secondary N) is 1. The number of hydrogen-bond donors (Lipinski definition) is 1. The van der Waals surface area contributed by atoms with Crippen LogP contribution in [0, 0.1) is 0 Å². The Hall–Kier alpha value is -1.47. The van der Waals surface area contributed by atoms with Gasteiger partial charge < -0.3 is 14.8 Å². The standard InChI is InChI=1S/C14H20N6S/c1-2-15-10-4-3-5-11-13(10)17-14(21-11)19-6-7-20-9-16-18-12(20)8-19/h9-10,15H,2-8H2,1H3. The molecule has 1 atom stereocenters. The summed E-state index contributed by atoms with van der Waals surface area (Å²) < 4.78 is 2.13. The third kappa shape index (κ3) is 2.34. The van der Waals surface area contributed by atoms with E-state index in [9.17, 15) is 0 Å². The molecule has 112 valence electrons. The third-order valence-corrected chi connectivity index (χ3v) is 5.49. The van der Waals surface area contributed by atoms with Gasteiger partial charge in [0.05, 0.1) is 18.3 Å². The Kier molecular flexibility index (Phi) is 3.39. The number of hydrogen-bond acceptors (Lipinski definition) is 6. The van der Waals surface area contributed by atoms with Crippen LogP contribution in [0.1, 0.15) is 42.2 Å². The predicted octanol–water partition coefficient (Wildman–Crippen LogP) is 1.74. The van der Waals surface area contributed by atoms with E-state index in [4.69, 9.17) is 4.98 Å². The Morgan fingerprint density at radius 2 is 2.38 bits per heavy atom. The van der Waals surface area contributed by atoms with Gasteiger partial charge in [-0.25, -0.2) is 4.98 Å². The zero-order valence-electron chi connectivity index (χ0n) is 12.2. The molecule has 0 bridgehead atoms. The summed E-state index contributed by atoms with van der Waals surface area (Å²) in [4.78, 5) is 8.77. The number of nitrogens with zero attached hydrogens (tertiary/aromatic N) is 5. The van der Waals surface area contributed by atoms with Gasteiger partial charge in [-0.05, 0) is 25.8 Å². The minimum Gasteiger partial charge on any atom is -0.339 e. The highest BCUT2D eigenvalue weighted by Crippen LogP contribution is 2.37. The second-order valence-electron chi connectivity index (χ2n) is 5.67.